The zero-order chi connectivity index (χ0) is 15.4. The van der Waals surface area contributed by atoms with Crippen LogP contribution in [0.25, 0.3) is 0 Å². The molecule has 0 aliphatic carbocycles. The minimum atomic E-state index is -4.11. The van der Waals surface area contributed by atoms with Crippen LogP contribution in [0.2, 0.25) is 0 Å². The predicted molar refractivity (Wildman–Crippen MR) is 76.4 cm³/mol. The lowest BCUT2D eigenvalue weighted by Gasteiger charge is -2.29. The number of hydrogen-bond acceptors (Lipinski definition) is 3. The molecule has 2 N–H and O–H groups in total. The van der Waals surface area contributed by atoms with E-state index in [-0.39, 0.29) is 17.7 Å². The van der Waals surface area contributed by atoms with Gasteiger partial charge in [0.15, 0.2) is 0 Å². The van der Waals surface area contributed by atoms with E-state index in [1.54, 1.807) is 13.8 Å². The highest BCUT2D eigenvalue weighted by molar-refractivity contribution is 7.85. The van der Waals surface area contributed by atoms with E-state index >= 15 is 0 Å². The molecule has 0 fully saturated rings. The fraction of sp³-hybridized carbons (Fsp3) is 0.923. The van der Waals surface area contributed by atoms with Gasteiger partial charge in [0.25, 0.3) is 10.1 Å². The standard InChI is InChI=1S/C13H27NO4S/c1-9(2)7-11(10(3)4)12(15)14-13(5,6)8-19(16,17)18/h9-11H,7-8H2,1-6H3,(H,14,15)(H,16,17,18). The van der Waals surface area contributed by atoms with Crippen molar-refractivity contribution in [1.29, 1.82) is 0 Å². The van der Waals surface area contributed by atoms with Gasteiger partial charge in [-0.15, -0.1) is 0 Å². The van der Waals surface area contributed by atoms with E-state index in [9.17, 15) is 13.2 Å². The van der Waals surface area contributed by atoms with Crippen molar-refractivity contribution in [3.05, 3.63) is 0 Å². The van der Waals surface area contributed by atoms with Gasteiger partial charge >= 0.3 is 0 Å². The van der Waals surface area contributed by atoms with Crippen molar-refractivity contribution in [2.75, 3.05) is 5.75 Å². The molecule has 1 atom stereocenters. The SMILES string of the molecule is CC(C)CC(C(=O)NC(C)(C)CS(=O)(=O)O)C(C)C. The molecule has 0 spiro atoms. The highest BCUT2D eigenvalue weighted by Gasteiger charge is 2.31. The summed E-state index contributed by atoms with van der Waals surface area (Å²) in [7, 11) is -4.11. The molecule has 0 aliphatic rings. The van der Waals surface area contributed by atoms with Crippen molar-refractivity contribution in [2.24, 2.45) is 17.8 Å². The molecule has 5 nitrogen and oxygen atoms in total. The zero-order valence-corrected chi connectivity index (χ0v) is 13.5. The van der Waals surface area contributed by atoms with Crippen molar-refractivity contribution in [1.82, 2.24) is 5.32 Å². The fourth-order valence-corrected chi connectivity index (χ4v) is 3.09. The van der Waals surface area contributed by atoms with E-state index in [0.717, 1.165) is 6.42 Å². The third-order valence-electron chi connectivity index (χ3n) is 2.87. The first kappa shape index (κ1) is 18.4. The third-order valence-corrected chi connectivity index (χ3v) is 3.96. The number of carbonyl (C=O) groups excluding carboxylic acids is 1. The Bertz CT molecular complexity index is 399. The molecule has 0 heterocycles. The summed E-state index contributed by atoms with van der Waals surface area (Å²) in [6, 6.07) is 0. The van der Waals surface area contributed by atoms with Crippen LogP contribution in [0.5, 0.6) is 0 Å². The topological polar surface area (TPSA) is 83.5 Å². The van der Waals surface area contributed by atoms with Crippen molar-refractivity contribution in [3.8, 4) is 0 Å². The lowest BCUT2D eigenvalue weighted by Crippen LogP contribution is -2.51. The minimum Gasteiger partial charge on any atom is -0.350 e. The van der Waals surface area contributed by atoms with Gasteiger partial charge in [-0.2, -0.15) is 8.42 Å². The molecule has 1 amide bonds. The van der Waals surface area contributed by atoms with Crippen molar-refractivity contribution < 1.29 is 17.8 Å². The van der Waals surface area contributed by atoms with Crippen LogP contribution >= 0.6 is 0 Å². The smallest absolute Gasteiger partial charge is 0.267 e. The van der Waals surface area contributed by atoms with Gasteiger partial charge in [0, 0.05) is 5.92 Å². The molecule has 6 heteroatoms. The molecule has 1 unspecified atom stereocenters. The zero-order valence-electron chi connectivity index (χ0n) is 12.7. The highest BCUT2D eigenvalue weighted by atomic mass is 32.2. The molecule has 0 aromatic heterocycles. The number of nitrogens with one attached hydrogen (secondary N) is 1. The second kappa shape index (κ2) is 6.70. The van der Waals surface area contributed by atoms with Gasteiger partial charge in [0.05, 0.1) is 11.3 Å². The van der Waals surface area contributed by atoms with Crippen LogP contribution in [0.15, 0.2) is 0 Å². The summed E-state index contributed by atoms with van der Waals surface area (Å²) < 4.78 is 30.7. The minimum absolute atomic E-state index is 0.152. The molecule has 0 rings (SSSR count). The summed E-state index contributed by atoms with van der Waals surface area (Å²) in [6.07, 6.45) is 0.755. The van der Waals surface area contributed by atoms with Crippen LogP contribution in [-0.4, -0.2) is 30.2 Å². The largest absolute Gasteiger partial charge is 0.350 e. The number of amides is 1. The number of carbonyl (C=O) groups is 1. The first-order valence-corrected chi connectivity index (χ1v) is 8.22. The molecule has 0 aromatic rings. The Balaban J connectivity index is 4.80. The lowest BCUT2D eigenvalue weighted by atomic mass is 9.86. The Morgan fingerprint density at radius 1 is 1.21 bits per heavy atom. The van der Waals surface area contributed by atoms with Crippen LogP contribution in [-0.2, 0) is 14.9 Å². The Labute approximate surface area is 116 Å². The van der Waals surface area contributed by atoms with Gasteiger partial charge in [-0.1, -0.05) is 27.7 Å². The Hall–Kier alpha value is -0.620. The summed E-state index contributed by atoms with van der Waals surface area (Å²) in [5, 5.41) is 2.72. The second-order valence-corrected chi connectivity index (χ2v) is 8.03. The summed E-state index contributed by atoms with van der Waals surface area (Å²) >= 11 is 0. The summed E-state index contributed by atoms with van der Waals surface area (Å²) in [5.41, 5.74) is -0.977. The molecule has 0 saturated heterocycles. The quantitative estimate of drug-likeness (QED) is 0.704. The number of hydrogen-bond donors (Lipinski definition) is 2. The summed E-state index contributed by atoms with van der Waals surface area (Å²) in [4.78, 5) is 12.2. The fourth-order valence-electron chi connectivity index (χ4n) is 2.11. The molecule has 114 valence electrons. The van der Waals surface area contributed by atoms with Crippen LogP contribution in [0, 0.1) is 17.8 Å². The molecular weight excluding hydrogens is 266 g/mol. The Kier molecular flexibility index (Phi) is 6.48. The monoisotopic (exact) mass is 293 g/mol. The highest BCUT2D eigenvalue weighted by Crippen LogP contribution is 2.21. The van der Waals surface area contributed by atoms with E-state index in [1.807, 2.05) is 27.7 Å². The molecule has 0 saturated carbocycles. The van der Waals surface area contributed by atoms with Crippen LogP contribution in [0.4, 0.5) is 0 Å². The lowest BCUT2D eigenvalue weighted by molar-refractivity contribution is -0.128. The molecular formula is C13H27NO4S. The van der Waals surface area contributed by atoms with Crippen LogP contribution < -0.4 is 5.32 Å². The van der Waals surface area contributed by atoms with Crippen LogP contribution in [0.3, 0.4) is 0 Å². The average molecular weight is 293 g/mol. The molecule has 0 radical (unpaired) electrons. The second-order valence-electron chi connectivity index (χ2n) is 6.58. The first-order chi connectivity index (χ1) is 8.34. The summed E-state index contributed by atoms with van der Waals surface area (Å²) in [5.74, 6) is -0.220. The van der Waals surface area contributed by atoms with E-state index in [1.165, 1.54) is 0 Å². The van der Waals surface area contributed by atoms with Gasteiger partial charge in [0.1, 0.15) is 0 Å². The van der Waals surface area contributed by atoms with E-state index < -0.39 is 21.4 Å². The molecule has 0 aromatic carbocycles. The van der Waals surface area contributed by atoms with Gasteiger partial charge in [-0.25, -0.2) is 0 Å². The third kappa shape index (κ3) is 8.21. The normalized spacial score (nSPS) is 14.8. The van der Waals surface area contributed by atoms with Gasteiger partial charge in [-0.3, -0.25) is 9.35 Å². The van der Waals surface area contributed by atoms with Crippen molar-refractivity contribution >= 4 is 16.0 Å². The van der Waals surface area contributed by atoms with Gasteiger partial charge < -0.3 is 5.32 Å². The van der Waals surface area contributed by atoms with Crippen LogP contribution in [0.1, 0.15) is 48.0 Å². The van der Waals surface area contributed by atoms with E-state index in [4.69, 9.17) is 4.55 Å². The predicted octanol–water partition coefficient (Wildman–Crippen LogP) is 2.09. The maximum Gasteiger partial charge on any atom is 0.267 e. The van der Waals surface area contributed by atoms with E-state index in [0.29, 0.717) is 5.92 Å². The maximum atomic E-state index is 12.2. The van der Waals surface area contributed by atoms with Gasteiger partial charge in [0.2, 0.25) is 5.91 Å². The van der Waals surface area contributed by atoms with E-state index in [2.05, 4.69) is 5.32 Å². The number of rotatable bonds is 7. The molecule has 19 heavy (non-hydrogen) atoms. The molecule has 0 bridgehead atoms. The molecule has 0 aliphatic heterocycles. The van der Waals surface area contributed by atoms with Crippen molar-refractivity contribution in [2.45, 2.75) is 53.5 Å². The first-order valence-electron chi connectivity index (χ1n) is 6.61. The average Bonchev–Trinajstić information content (AvgIpc) is 2.07. The summed E-state index contributed by atoms with van der Waals surface area (Å²) in [6.45, 7) is 11.2. The Morgan fingerprint density at radius 2 is 1.68 bits per heavy atom. The Morgan fingerprint density at radius 3 is 2.00 bits per heavy atom. The van der Waals surface area contributed by atoms with Gasteiger partial charge in [-0.05, 0) is 32.1 Å². The maximum absolute atomic E-state index is 12.2. The van der Waals surface area contributed by atoms with Crippen molar-refractivity contribution in [3.63, 3.8) is 0 Å².